The van der Waals surface area contributed by atoms with E-state index in [1.807, 2.05) is 32.9 Å². The van der Waals surface area contributed by atoms with E-state index in [0.29, 0.717) is 5.56 Å². The third-order valence-corrected chi connectivity index (χ3v) is 2.55. The predicted molar refractivity (Wildman–Crippen MR) is 60.3 cm³/mol. The minimum Gasteiger partial charge on any atom is -0.300 e. The number of ketones is 2. The Morgan fingerprint density at radius 2 is 1.53 bits per heavy atom. The zero-order valence-corrected chi connectivity index (χ0v) is 9.68. The minimum absolute atomic E-state index is 0.00331. The molecule has 1 aromatic rings. The van der Waals surface area contributed by atoms with Crippen molar-refractivity contribution < 1.29 is 9.59 Å². The van der Waals surface area contributed by atoms with Crippen LogP contribution >= 0.6 is 0 Å². The molecule has 0 unspecified atom stereocenters. The molecular formula is C13H16O2. The van der Waals surface area contributed by atoms with Crippen molar-refractivity contribution in [2.45, 2.75) is 34.1 Å². The molecule has 1 rings (SSSR count). The molecule has 0 aliphatic heterocycles. The molecular weight excluding hydrogens is 188 g/mol. The van der Waals surface area contributed by atoms with Crippen LogP contribution in [0.4, 0.5) is 0 Å². The minimum atomic E-state index is -0.0855. The maximum Gasteiger partial charge on any atom is 0.170 e. The maximum atomic E-state index is 11.7. The van der Waals surface area contributed by atoms with Crippen molar-refractivity contribution in [2.24, 2.45) is 0 Å². The molecule has 1 aromatic carbocycles. The van der Waals surface area contributed by atoms with Gasteiger partial charge >= 0.3 is 0 Å². The van der Waals surface area contributed by atoms with E-state index in [2.05, 4.69) is 0 Å². The van der Waals surface area contributed by atoms with Crippen LogP contribution in [0.5, 0.6) is 0 Å². The van der Waals surface area contributed by atoms with Gasteiger partial charge in [0.05, 0.1) is 6.42 Å². The molecule has 0 aliphatic carbocycles. The Labute approximate surface area is 90.3 Å². The zero-order chi connectivity index (χ0) is 11.6. The third kappa shape index (κ3) is 2.75. The number of Topliss-reactive ketones (excluding diaryl/α,β-unsaturated/α-hetero) is 2. The van der Waals surface area contributed by atoms with Gasteiger partial charge in [-0.05, 0) is 50.5 Å². The number of hydrogen-bond donors (Lipinski definition) is 0. The summed E-state index contributed by atoms with van der Waals surface area (Å²) in [6.07, 6.45) is 0.00331. The monoisotopic (exact) mass is 204 g/mol. The second-order valence-electron chi connectivity index (χ2n) is 4.05. The SMILES string of the molecule is CC(=O)CC(=O)c1cc(C)c(C)cc1C. The average Bonchev–Trinajstić information content (AvgIpc) is 2.09. The van der Waals surface area contributed by atoms with E-state index < -0.39 is 0 Å². The lowest BCUT2D eigenvalue weighted by molar-refractivity contribution is -0.116. The Hall–Kier alpha value is -1.44. The molecule has 0 spiro atoms. The molecule has 0 bridgehead atoms. The summed E-state index contributed by atoms with van der Waals surface area (Å²) in [5, 5.41) is 0. The van der Waals surface area contributed by atoms with E-state index in [1.54, 1.807) is 0 Å². The van der Waals surface area contributed by atoms with Crippen LogP contribution in [0.15, 0.2) is 12.1 Å². The van der Waals surface area contributed by atoms with Gasteiger partial charge in [-0.3, -0.25) is 9.59 Å². The van der Waals surface area contributed by atoms with E-state index in [-0.39, 0.29) is 18.0 Å². The maximum absolute atomic E-state index is 11.7. The summed E-state index contributed by atoms with van der Waals surface area (Å²) in [6, 6.07) is 3.86. The van der Waals surface area contributed by atoms with Gasteiger partial charge in [0, 0.05) is 5.56 Å². The van der Waals surface area contributed by atoms with Gasteiger partial charge in [-0.25, -0.2) is 0 Å². The van der Waals surface area contributed by atoms with Crippen molar-refractivity contribution in [2.75, 3.05) is 0 Å². The molecule has 2 nitrogen and oxygen atoms in total. The first-order valence-corrected chi connectivity index (χ1v) is 5.02. The van der Waals surface area contributed by atoms with Crippen LogP contribution in [-0.4, -0.2) is 11.6 Å². The lowest BCUT2D eigenvalue weighted by Gasteiger charge is -2.07. The summed E-state index contributed by atoms with van der Waals surface area (Å²) in [5.41, 5.74) is 3.89. The highest BCUT2D eigenvalue weighted by Crippen LogP contribution is 2.16. The number of carbonyl (C=O) groups excluding carboxylic acids is 2. The fourth-order valence-electron chi connectivity index (χ4n) is 1.58. The molecule has 0 aromatic heterocycles. The highest BCUT2D eigenvalue weighted by molar-refractivity contribution is 6.08. The van der Waals surface area contributed by atoms with Gasteiger partial charge in [0.25, 0.3) is 0 Å². The number of carbonyl (C=O) groups is 2. The van der Waals surface area contributed by atoms with Gasteiger partial charge < -0.3 is 0 Å². The average molecular weight is 204 g/mol. The molecule has 0 fully saturated rings. The molecule has 2 heteroatoms. The fraction of sp³-hybridized carbons (Fsp3) is 0.385. The van der Waals surface area contributed by atoms with Crippen molar-refractivity contribution in [1.82, 2.24) is 0 Å². The molecule has 0 amide bonds. The largest absolute Gasteiger partial charge is 0.300 e. The first-order valence-electron chi connectivity index (χ1n) is 5.02. The molecule has 0 saturated carbocycles. The Bertz CT molecular complexity index is 417. The fourth-order valence-corrected chi connectivity index (χ4v) is 1.58. The van der Waals surface area contributed by atoms with Crippen LogP contribution in [-0.2, 0) is 4.79 Å². The van der Waals surface area contributed by atoms with Gasteiger partial charge in [0.2, 0.25) is 0 Å². The number of rotatable bonds is 3. The second-order valence-corrected chi connectivity index (χ2v) is 4.05. The van der Waals surface area contributed by atoms with Crippen molar-refractivity contribution >= 4 is 11.6 Å². The van der Waals surface area contributed by atoms with Crippen LogP contribution < -0.4 is 0 Å². The van der Waals surface area contributed by atoms with Crippen LogP contribution in [0.1, 0.15) is 40.4 Å². The normalized spacial score (nSPS) is 10.1. The Balaban J connectivity index is 3.09. The summed E-state index contributed by atoms with van der Waals surface area (Å²) < 4.78 is 0. The third-order valence-electron chi connectivity index (χ3n) is 2.55. The predicted octanol–water partition coefficient (Wildman–Crippen LogP) is 2.77. The van der Waals surface area contributed by atoms with Crippen LogP contribution in [0, 0.1) is 20.8 Å². The zero-order valence-electron chi connectivity index (χ0n) is 9.68. The smallest absolute Gasteiger partial charge is 0.170 e. The number of aryl methyl sites for hydroxylation is 3. The number of hydrogen-bond acceptors (Lipinski definition) is 2. The molecule has 0 heterocycles. The van der Waals surface area contributed by atoms with E-state index in [1.165, 1.54) is 12.5 Å². The highest BCUT2D eigenvalue weighted by atomic mass is 16.1. The van der Waals surface area contributed by atoms with Crippen molar-refractivity contribution in [1.29, 1.82) is 0 Å². The van der Waals surface area contributed by atoms with Crippen LogP contribution in [0.3, 0.4) is 0 Å². The van der Waals surface area contributed by atoms with E-state index >= 15 is 0 Å². The Kier molecular flexibility index (Phi) is 3.40. The van der Waals surface area contributed by atoms with E-state index in [0.717, 1.165) is 11.1 Å². The first kappa shape index (κ1) is 11.6. The highest BCUT2D eigenvalue weighted by Gasteiger charge is 2.12. The van der Waals surface area contributed by atoms with E-state index in [4.69, 9.17) is 0 Å². The summed E-state index contributed by atoms with van der Waals surface area (Å²) in [5.74, 6) is -0.166. The van der Waals surface area contributed by atoms with E-state index in [9.17, 15) is 9.59 Å². The van der Waals surface area contributed by atoms with Gasteiger partial charge in [0.1, 0.15) is 5.78 Å². The summed E-state index contributed by atoms with van der Waals surface area (Å²) in [7, 11) is 0. The van der Waals surface area contributed by atoms with Crippen molar-refractivity contribution in [3.8, 4) is 0 Å². The van der Waals surface area contributed by atoms with Gasteiger partial charge in [-0.1, -0.05) is 6.07 Å². The van der Waals surface area contributed by atoms with Crippen molar-refractivity contribution in [3.05, 3.63) is 34.4 Å². The molecule has 0 saturated heterocycles. The van der Waals surface area contributed by atoms with Gasteiger partial charge in [-0.2, -0.15) is 0 Å². The molecule has 15 heavy (non-hydrogen) atoms. The molecule has 0 N–H and O–H groups in total. The van der Waals surface area contributed by atoms with Crippen molar-refractivity contribution in [3.63, 3.8) is 0 Å². The standard InChI is InChI=1S/C13H16O2/c1-8-5-10(3)12(6-9(8)2)13(15)7-11(4)14/h5-6H,7H2,1-4H3. The summed E-state index contributed by atoms with van der Waals surface area (Å²) >= 11 is 0. The summed E-state index contributed by atoms with van der Waals surface area (Å²) in [6.45, 7) is 7.33. The first-order chi connectivity index (χ1) is 6.91. The molecule has 0 atom stereocenters. The second kappa shape index (κ2) is 4.39. The van der Waals surface area contributed by atoms with Crippen LogP contribution in [0.25, 0.3) is 0 Å². The van der Waals surface area contributed by atoms with Gasteiger partial charge in [0.15, 0.2) is 5.78 Å². The lowest BCUT2D eigenvalue weighted by Crippen LogP contribution is -2.07. The molecule has 0 radical (unpaired) electrons. The molecule has 80 valence electrons. The molecule has 0 aliphatic rings. The summed E-state index contributed by atoms with van der Waals surface area (Å²) in [4.78, 5) is 22.6. The lowest BCUT2D eigenvalue weighted by atomic mass is 9.96. The number of benzene rings is 1. The Morgan fingerprint density at radius 1 is 1.00 bits per heavy atom. The quantitative estimate of drug-likeness (QED) is 0.560. The topological polar surface area (TPSA) is 34.1 Å². The van der Waals surface area contributed by atoms with Gasteiger partial charge in [-0.15, -0.1) is 0 Å². The van der Waals surface area contributed by atoms with Crippen LogP contribution in [0.2, 0.25) is 0 Å². The Morgan fingerprint density at radius 3 is 2.07 bits per heavy atom.